The standard InChI is InChI=1S/C21H24FN3OS.C2HF3O2/c1-24-11-9-23-19(24)12-15-13-25(10-8-18(15)27)20(21(26)14-6-7-14)16-4-2-3-5-17(16)22;3-2(4,5)1(6)7/h2-5,9,11-12,14,18,20,27H,6-8,10,13H2,1H3;(H,6,7)/b15-12+;. The van der Waals surface area contributed by atoms with Gasteiger partial charge < -0.3 is 9.67 Å². The van der Waals surface area contributed by atoms with Crippen LogP contribution in [0.2, 0.25) is 0 Å². The number of nitrogens with zero attached hydrogens (tertiary/aromatic N) is 3. The minimum atomic E-state index is -5.08. The minimum Gasteiger partial charge on any atom is -0.475 e. The van der Waals surface area contributed by atoms with E-state index in [0.29, 0.717) is 12.1 Å². The fourth-order valence-electron chi connectivity index (χ4n) is 3.75. The summed E-state index contributed by atoms with van der Waals surface area (Å²) in [6, 6.07) is 6.14. The molecule has 0 radical (unpaired) electrons. The fraction of sp³-hybridized carbons (Fsp3) is 0.435. The Labute approximate surface area is 199 Å². The molecule has 1 N–H and O–H groups in total. The molecule has 2 fully saturated rings. The van der Waals surface area contributed by atoms with E-state index >= 15 is 0 Å². The highest BCUT2D eigenvalue weighted by atomic mass is 32.1. The quantitative estimate of drug-likeness (QED) is 0.474. The lowest BCUT2D eigenvalue weighted by Gasteiger charge is -2.37. The van der Waals surface area contributed by atoms with Crippen LogP contribution in [0.15, 0.2) is 42.2 Å². The Kier molecular flexibility index (Phi) is 8.19. The van der Waals surface area contributed by atoms with Crippen molar-refractivity contribution in [2.75, 3.05) is 13.1 Å². The normalized spacial score (nSPS) is 21.0. The summed E-state index contributed by atoms with van der Waals surface area (Å²) in [7, 11) is 1.95. The first-order valence-electron chi connectivity index (χ1n) is 10.7. The molecule has 2 aromatic rings. The number of aromatic nitrogens is 2. The van der Waals surface area contributed by atoms with Crippen molar-refractivity contribution in [3.8, 4) is 0 Å². The topological polar surface area (TPSA) is 75.4 Å². The van der Waals surface area contributed by atoms with Crippen LogP contribution in [0.4, 0.5) is 17.6 Å². The van der Waals surface area contributed by atoms with E-state index in [4.69, 9.17) is 22.5 Å². The van der Waals surface area contributed by atoms with Gasteiger partial charge in [0.15, 0.2) is 5.78 Å². The third kappa shape index (κ3) is 6.47. The van der Waals surface area contributed by atoms with E-state index < -0.39 is 18.2 Å². The third-order valence-corrected chi connectivity index (χ3v) is 6.32. The lowest BCUT2D eigenvalue weighted by atomic mass is 9.93. The molecule has 0 amide bonds. The molecule has 1 aromatic carbocycles. The lowest BCUT2D eigenvalue weighted by Crippen LogP contribution is -2.42. The zero-order valence-electron chi connectivity index (χ0n) is 18.4. The molecule has 2 aliphatic rings. The summed E-state index contributed by atoms with van der Waals surface area (Å²) < 4.78 is 48.2. The van der Waals surface area contributed by atoms with E-state index in [-0.39, 0.29) is 22.8 Å². The predicted molar refractivity (Wildman–Crippen MR) is 121 cm³/mol. The number of carbonyl (C=O) groups excluding carboxylic acids is 1. The molecule has 0 bridgehead atoms. The van der Waals surface area contributed by atoms with Crippen molar-refractivity contribution in [2.24, 2.45) is 13.0 Å². The monoisotopic (exact) mass is 499 g/mol. The highest BCUT2D eigenvalue weighted by Crippen LogP contribution is 2.39. The number of carbonyl (C=O) groups is 2. The van der Waals surface area contributed by atoms with Crippen molar-refractivity contribution < 1.29 is 32.3 Å². The number of alkyl halides is 3. The SMILES string of the molecule is Cn1ccnc1/C=C1\CN(C(C(=O)C2CC2)c2ccccc2F)CCC1S.O=C(O)C(F)(F)F. The van der Waals surface area contributed by atoms with Gasteiger partial charge in [0.05, 0.1) is 6.04 Å². The second-order valence-corrected chi connectivity index (χ2v) is 8.92. The molecule has 1 aliphatic carbocycles. The molecule has 1 saturated heterocycles. The molecule has 11 heteroatoms. The highest BCUT2D eigenvalue weighted by molar-refractivity contribution is 7.81. The van der Waals surface area contributed by atoms with Crippen molar-refractivity contribution in [3.63, 3.8) is 0 Å². The summed E-state index contributed by atoms with van der Waals surface area (Å²) in [5, 5.41) is 7.25. The van der Waals surface area contributed by atoms with E-state index in [1.807, 2.05) is 30.0 Å². The van der Waals surface area contributed by atoms with Crippen LogP contribution in [-0.4, -0.2) is 55.8 Å². The molecule has 4 rings (SSSR count). The molecule has 1 aliphatic heterocycles. The van der Waals surface area contributed by atoms with E-state index in [2.05, 4.69) is 9.88 Å². The number of Topliss-reactive ketones (excluding diaryl/α,β-unsaturated/α-hetero) is 1. The number of carboxylic acid groups (broad SMARTS) is 1. The number of hydrogen-bond acceptors (Lipinski definition) is 5. The summed E-state index contributed by atoms with van der Waals surface area (Å²) in [5.41, 5.74) is 1.60. The first-order chi connectivity index (χ1) is 16.0. The Bertz CT molecular complexity index is 1070. The molecule has 0 spiro atoms. The predicted octanol–water partition coefficient (Wildman–Crippen LogP) is 4.30. The average molecular weight is 500 g/mol. The number of hydrogen-bond donors (Lipinski definition) is 2. The molecule has 1 saturated carbocycles. The van der Waals surface area contributed by atoms with E-state index in [1.165, 1.54) is 6.07 Å². The second kappa shape index (κ2) is 10.7. The van der Waals surface area contributed by atoms with Gasteiger partial charge in [-0.05, 0) is 37.0 Å². The van der Waals surface area contributed by atoms with E-state index in [1.54, 1.807) is 18.3 Å². The van der Waals surface area contributed by atoms with Crippen LogP contribution in [0.3, 0.4) is 0 Å². The van der Waals surface area contributed by atoms with Gasteiger partial charge in [-0.2, -0.15) is 25.8 Å². The lowest BCUT2D eigenvalue weighted by molar-refractivity contribution is -0.192. The molecule has 2 atom stereocenters. The zero-order chi connectivity index (χ0) is 25.0. The summed E-state index contributed by atoms with van der Waals surface area (Å²) in [4.78, 5) is 28.4. The molecular weight excluding hydrogens is 474 g/mol. The number of carboxylic acids is 1. The van der Waals surface area contributed by atoms with Gasteiger partial charge in [0, 0.05) is 49.3 Å². The number of aryl methyl sites for hydroxylation is 1. The van der Waals surface area contributed by atoms with Crippen molar-refractivity contribution in [1.82, 2.24) is 14.5 Å². The van der Waals surface area contributed by atoms with Gasteiger partial charge >= 0.3 is 12.1 Å². The number of rotatable bonds is 5. The van der Waals surface area contributed by atoms with Gasteiger partial charge in [0.25, 0.3) is 0 Å². The molecule has 1 aromatic heterocycles. The number of piperidine rings is 1. The van der Waals surface area contributed by atoms with Gasteiger partial charge in [0.2, 0.25) is 0 Å². The van der Waals surface area contributed by atoms with E-state index in [9.17, 15) is 22.4 Å². The Morgan fingerprint density at radius 1 is 1.24 bits per heavy atom. The molecule has 184 valence electrons. The van der Waals surface area contributed by atoms with Crippen LogP contribution in [0, 0.1) is 11.7 Å². The number of imidazole rings is 1. The smallest absolute Gasteiger partial charge is 0.475 e. The maximum Gasteiger partial charge on any atom is 0.490 e. The van der Waals surface area contributed by atoms with Crippen LogP contribution >= 0.6 is 12.6 Å². The van der Waals surface area contributed by atoms with Crippen LogP contribution in [0.5, 0.6) is 0 Å². The van der Waals surface area contributed by atoms with Gasteiger partial charge in [-0.1, -0.05) is 18.2 Å². The molecular formula is C23H25F4N3O3S. The van der Waals surface area contributed by atoms with Gasteiger partial charge in [-0.25, -0.2) is 14.2 Å². The number of benzene rings is 1. The fourth-order valence-corrected chi connectivity index (χ4v) is 4.03. The van der Waals surface area contributed by atoms with Crippen LogP contribution in [0.25, 0.3) is 6.08 Å². The number of halogens is 4. The first-order valence-corrected chi connectivity index (χ1v) is 11.2. The Morgan fingerprint density at radius 2 is 1.88 bits per heavy atom. The summed E-state index contributed by atoms with van der Waals surface area (Å²) >= 11 is 4.73. The zero-order valence-corrected chi connectivity index (χ0v) is 19.3. The first kappa shape index (κ1) is 26.0. The molecule has 34 heavy (non-hydrogen) atoms. The van der Waals surface area contributed by atoms with Crippen LogP contribution in [-0.2, 0) is 16.6 Å². The molecule has 6 nitrogen and oxygen atoms in total. The van der Waals surface area contributed by atoms with Crippen molar-refractivity contribution in [2.45, 2.75) is 36.7 Å². The van der Waals surface area contributed by atoms with Crippen molar-refractivity contribution in [1.29, 1.82) is 0 Å². The van der Waals surface area contributed by atoms with E-state index in [0.717, 1.165) is 37.2 Å². The van der Waals surface area contributed by atoms with Crippen LogP contribution < -0.4 is 0 Å². The van der Waals surface area contributed by atoms with Crippen molar-refractivity contribution in [3.05, 3.63) is 59.4 Å². The van der Waals surface area contributed by atoms with Crippen LogP contribution in [0.1, 0.15) is 36.7 Å². The summed E-state index contributed by atoms with van der Waals surface area (Å²) in [6.45, 7) is 1.32. The molecule has 2 unspecified atom stereocenters. The maximum atomic E-state index is 14.5. The number of aliphatic carboxylic acids is 1. The average Bonchev–Trinajstić information content (AvgIpc) is 3.55. The number of ketones is 1. The Balaban J connectivity index is 0.000000406. The summed E-state index contributed by atoms with van der Waals surface area (Å²) in [6.07, 6.45) is 3.29. The largest absolute Gasteiger partial charge is 0.490 e. The number of likely N-dealkylation sites (tertiary alicyclic amines) is 1. The van der Waals surface area contributed by atoms with Gasteiger partial charge in [-0.15, -0.1) is 0 Å². The third-order valence-electron chi connectivity index (χ3n) is 5.73. The van der Waals surface area contributed by atoms with Gasteiger partial charge in [-0.3, -0.25) is 9.69 Å². The highest BCUT2D eigenvalue weighted by Gasteiger charge is 2.41. The Hall–Kier alpha value is -2.66. The Morgan fingerprint density at radius 3 is 2.41 bits per heavy atom. The van der Waals surface area contributed by atoms with Crippen molar-refractivity contribution >= 4 is 30.5 Å². The number of thiol groups is 1. The van der Waals surface area contributed by atoms with Gasteiger partial charge in [0.1, 0.15) is 11.6 Å². The maximum absolute atomic E-state index is 14.5. The minimum absolute atomic E-state index is 0.0744. The summed E-state index contributed by atoms with van der Waals surface area (Å²) in [5.74, 6) is -1.98. The molecule has 2 heterocycles. The second-order valence-electron chi connectivity index (χ2n) is 8.29.